The number of anilines is 1. The van der Waals surface area contributed by atoms with E-state index in [2.05, 4.69) is 15.0 Å². The maximum absolute atomic E-state index is 12.3. The van der Waals surface area contributed by atoms with Gasteiger partial charge in [-0.2, -0.15) is 0 Å². The molecule has 5 nitrogen and oxygen atoms in total. The molecule has 1 aliphatic carbocycles. The van der Waals surface area contributed by atoms with Crippen molar-refractivity contribution >= 4 is 15.8 Å². The van der Waals surface area contributed by atoms with E-state index in [-0.39, 0.29) is 10.9 Å². The van der Waals surface area contributed by atoms with Crippen molar-refractivity contribution in [2.45, 2.75) is 44.0 Å². The van der Waals surface area contributed by atoms with Gasteiger partial charge in [0.1, 0.15) is 10.7 Å². The molecule has 1 unspecified atom stereocenters. The van der Waals surface area contributed by atoms with Crippen molar-refractivity contribution in [3.05, 3.63) is 18.3 Å². The summed E-state index contributed by atoms with van der Waals surface area (Å²) in [6.45, 7) is 4.46. The Balaban J connectivity index is 2.13. The predicted molar refractivity (Wildman–Crippen MR) is 75.5 cm³/mol. The molecule has 19 heavy (non-hydrogen) atoms. The fourth-order valence-electron chi connectivity index (χ4n) is 2.14. The Bertz CT molecular complexity index is 526. The van der Waals surface area contributed by atoms with Crippen LogP contribution in [-0.2, 0) is 10.0 Å². The number of sulfonamides is 1. The Labute approximate surface area is 114 Å². The number of rotatable bonds is 7. The number of pyridine rings is 1. The Kier molecular flexibility index (Phi) is 4.42. The number of nitrogens with one attached hydrogen (secondary N) is 2. The lowest BCUT2D eigenvalue weighted by Crippen LogP contribution is -2.33. The van der Waals surface area contributed by atoms with Crippen molar-refractivity contribution in [2.75, 3.05) is 11.9 Å². The van der Waals surface area contributed by atoms with Crippen LogP contribution in [0.15, 0.2) is 23.2 Å². The van der Waals surface area contributed by atoms with Crippen molar-refractivity contribution in [3.63, 3.8) is 0 Å². The van der Waals surface area contributed by atoms with Crippen LogP contribution >= 0.6 is 0 Å². The second kappa shape index (κ2) is 5.88. The molecule has 106 valence electrons. The van der Waals surface area contributed by atoms with Crippen LogP contribution in [0, 0.1) is 5.92 Å². The van der Waals surface area contributed by atoms with Crippen molar-refractivity contribution in [3.8, 4) is 0 Å². The van der Waals surface area contributed by atoms with Gasteiger partial charge in [-0.3, -0.25) is 0 Å². The molecule has 1 aromatic rings. The molecule has 1 heterocycles. The van der Waals surface area contributed by atoms with E-state index in [4.69, 9.17) is 0 Å². The molecule has 0 spiro atoms. The molecule has 0 aromatic carbocycles. The number of aromatic nitrogens is 1. The van der Waals surface area contributed by atoms with Gasteiger partial charge < -0.3 is 5.32 Å². The molecule has 1 atom stereocenters. The molecule has 0 saturated heterocycles. The van der Waals surface area contributed by atoms with Crippen LogP contribution in [0.3, 0.4) is 0 Å². The highest BCUT2D eigenvalue weighted by Gasteiger charge is 2.27. The highest BCUT2D eigenvalue weighted by molar-refractivity contribution is 7.89. The summed E-state index contributed by atoms with van der Waals surface area (Å²) in [7, 11) is -3.51. The lowest BCUT2D eigenvalue weighted by Gasteiger charge is -2.15. The van der Waals surface area contributed by atoms with Crippen molar-refractivity contribution in [1.82, 2.24) is 9.71 Å². The first-order valence-corrected chi connectivity index (χ1v) is 8.22. The van der Waals surface area contributed by atoms with Crippen LogP contribution < -0.4 is 10.0 Å². The van der Waals surface area contributed by atoms with Gasteiger partial charge >= 0.3 is 0 Å². The predicted octanol–water partition coefficient (Wildman–Crippen LogP) is 1.98. The molecule has 0 bridgehead atoms. The topological polar surface area (TPSA) is 71.1 Å². The first-order chi connectivity index (χ1) is 9.03. The Morgan fingerprint density at radius 1 is 1.47 bits per heavy atom. The highest BCUT2D eigenvalue weighted by Crippen LogP contribution is 2.33. The largest absolute Gasteiger partial charge is 0.369 e. The van der Waals surface area contributed by atoms with Gasteiger partial charge in [0.25, 0.3) is 0 Å². The minimum Gasteiger partial charge on any atom is -0.369 e. The molecule has 1 aliphatic rings. The summed E-state index contributed by atoms with van der Waals surface area (Å²) in [6.07, 6.45) is 4.95. The zero-order chi connectivity index (χ0) is 13.9. The number of hydrogen-bond donors (Lipinski definition) is 2. The average Bonchev–Trinajstić information content (AvgIpc) is 3.13. The summed E-state index contributed by atoms with van der Waals surface area (Å²) in [5, 5.41) is 2.98. The summed E-state index contributed by atoms with van der Waals surface area (Å²) < 4.78 is 27.4. The van der Waals surface area contributed by atoms with Gasteiger partial charge in [-0.1, -0.05) is 12.8 Å². The van der Waals surface area contributed by atoms with Gasteiger partial charge in [0.15, 0.2) is 0 Å². The van der Waals surface area contributed by atoms with Crippen LogP contribution in [-0.4, -0.2) is 26.0 Å². The average molecular weight is 283 g/mol. The zero-order valence-corrected chi connectivity index (χ0v) is 12.2. The minimum absolute atomic E-state index is 0.0350. The van der Waals surface area contributed by atoms with E-state index in [0.717, 1.165) is 6.42 Å². The zero-order valence-electron chi connectivity index (χ0n) is 11.4. The first-order valence-electron chi connectivity index (χ1n) is 6.74. The smallest absolute Gasteiger partial charge is 0.244 e. The van der Waals surface area contributed by atoms with Gasteiger partial charge in [-0.05, 0) is 38.3 Å². The van der Waals surface area contributed by atoms with Crippen LogP contribution in [0.25, 0.3) is 0 Å². The van der Waals surface area contributed by atoms with Gasteiger partial charge in [-0.25, -0.2) is 18.1 Å². The normalized spacial score (nSPS) is 17.2. The summed E-state index contributed by atoms with van der Waals surface area (Å²) >= 11 is 0. The molecule has 0 amide bonds. The van der Waals surface area contributed by atoms with Gasteiger partial charge in [0, 0.05) is 18.8 Å². The van der Waals surface area contributed by atoms with Crippen molar-refractivity contribution in [2.24, 2.45) is 5.92 Å². The number of nitrogens with zero attached hydrogens (tertiary/aromatic N) is 1. The molecule has 0 radical (unpaired) electrons. The molecular weight excluding hydrogens is 262 g/mol. The second-order valence-electron chi connectivity index (χ2n) is 5.08. The lowest BCUT2D eigenvalue weighted by atomic mass is 10.2. The minimum atomic E-state index is -3.51. The standard InChI is InChI=1S/C13H21N3O2S/c1-3-14-13-12(5-4-8-15-13)19(17,18)16-10(2)9-11-6-7-11/h4-5,8,10-11,16H,3,6-7,9H2,1-2H3,(H,14,15). The fraction of sp³-hybridized carbons (Fsp3) is 0.615. The summed E-state index contributed by atoms with van der Waals surface area (Å²) in [5.41, 5.74) is 0. The third kappa shape index (κ3) is 3.91. The van der Waals surface area contributed by atoms with Gasteiger partial charge in [0.05, 0.1) is 0 Å². The lowest BCUT2D eigenvalue weighted by molar-refractivity contribution is 0.530. The van der Waals surface area contributed by atoms with E-state index >= 15 is 0 Å². The fourth-order valence-corrected chi connectivity index (χ4v) is 3.53. The molecule has 6 heteroatoms. The van der Waals surface area contributed by atoms with Crippen molar-refractivity contribution in [1.29, 1.82) is 0 Å². The Morgan fingerprint density at radius 2 is 2.21 bits per heavy atom. The Morgan fingerprint density at radius 3 is 2.84 bits per heavy atom. The van der Waals surface area contributed by atoms with E-state index in [1.807, 2.05) is 13.8 Å². The monoisotopic (exact) mass is 283 g/mol. The molecule has 2 rings (SSSR count). The van der Waals surface area contributed by atoms with Crippen LogP contribution in [0.2, 0.25) is 0 Å². The SMILES string of the molecule is CCNc1ncccc1S(=O)(=O)NC(C)CC1CC1. The van der Waals surface area contributed by atoms with Gasteiger partial charge in [0.2, 0.25) is 10.0 Å². The van der Waals surface area contributed by atoms with E-state index in [9.17, 15) is 8.42 Å². The summed E-state index contributed by atoms with van der Waals surface area (Å²) in [4.78, 5) is 4.31. The van der Waals surface area contributed by atoms with E-state index < -0.39 is 10.0 Å². The van der Waals surface area contributed by atoms with E-state index in [1.165, 1.54) is 12.8 Å². The van der Waals surface area contributed by atoms with E-state index in [0.29, 0.717) is 18.3 Å². The highest BCUT2D eigenvalue weighted by atomic mass is 32.2. The number of hydrogen-bond acceptors (Lipinski definition) is 4. The molecule has 0 aliphatic heterocycles. The summed E-state index contributed by atoms with van der Waals surface area (Å²) in [5.74, 6) is 1.11. The Hall–Kier alpha value is -1.14. The van der Waals surface area contributed by atoms with E-state index in [1.54, 1.807) is 18.3 Å². The first kappa shape index (κ1) is 14.3. The maximum atomic E-state index is 12.3. The second-order valence-corrected chi connectivity index (χ2v) is 6.76. The maximum Gasteiger partial charge on any atom is 0.244 e. The molecule has 1 saturated carbocycles. The van der Waals surface area contributed by atoms with Crippen LogP contribution in [0.4, 0.5) is 5.82 Å². The molecule has 1 fully saturated rings. The van der Waals surface area contributed by atoms with Gasteiger partial charge in [-0.15, -0.1) is 0 Å². The summed E-state index contributed by atoms with van der Waals surface area (Å²) in [6, 6.07) is 3.19. The molecular formula is C13H21N3O2S. The van der Waals surface area contributed by atoms with Crippen LogP contribution in [0.5, 0.6) is 0 Å². The third-order valence-electron chi connectivity index (χ3n) is 3.14. The quantitative estimate of drug-likeness (QED) is 0.802. The van der Waals surface area contributed by atoms with Crippen molar-refractivity contribution < 1.29 is 8.42 Å². The molecule has 1 aromatic heterocycles. The van der Waals surface area contributed by atoms with Crippen LogP contribution in [0.1, 0.15) is 33.1 Å². The third-order valence-corrected chi connectivity index (χ3v) is 4.77. The molecule has 2 N–H and O–H groups in total.